The van der Waals surface area contributed by atoms with Crippen molar-refractivity contribution in [3.63, 3.8) is 0 Å². The van der Waals surface area contributed by atoms with Gasteiger partial charge in [0.05, 0.1) is 0 Å². The monoisotopic (exact) mass is 323 g/mol. The van der Waals surface area contributed by atoms with Gasteiger partial charge >= 0.3 is 5.97 Å². The Hall–Kier alpha value is -2.11. The fourth-order valence-corrected chi connectivity index (χ4v) is 2.67. The number of ether oxygens (including phenoxy) is 2. The minimum absolute atomic E-state index is 0.151. The number of nitrogens with one attached hydrogen (secondary N) is 1. The van der Waals surface area contributed by atoms with Crippen molar-refractivity contribution in [1.29, 1.82) is 0 Å². The van der Waals surface area contributed by atoms with E-state index >= 15 is 0 Å². The SMILES string of the molecule is C[C@H]1CCCC[C@H]1NC(=O)COC(=O)COc1cccc(F)c1. The highest BCUT2D eigenvalue weighted by atomic mass is 19.1. The van der Waals surface area contributed by atoms with Crippen LogP contribution in [0.1, 0.15) is 32.6 Å². The van der Waals surface area contributed by atoms with Crippen LogP contribution in [0.15, 0.2) is 24.3 Å². The number of halogens is 1. The van der Waals surface area contributed by atoms with Gasteiger partial charge in [-0.25, -0.2) is 9.18 Å². The van der Waals surface area contributed by atoms with E-state index in [0.29, 0.717) is 5.92 Å². The first kappa shape index (κ1) is 17.2. The molecule has 1 aliphatic carbocycles. The molecule has 0 spiro atoms. The molecule has 0 aliphatic heterocycles. The number of carbonyl (C=O) groups excluding carboxylic acids is 2. The van der Waals surface area contributed by atoms with Crippen LogP contribution in [0.25, 0.3) is 0 Å². The fourth-order valence-electron chi connectivity index (χ4n) is 2.67. The highest BCUT2D eigenvalue weighted by Crippen LogP contribution is 2.23. The predicted molar refractivity (Wildman–Crippen MR) is 82.4 cm³/mol. The maximum absolute atomic E-state index is 13.0. The first-order valence-electron chi connectivity index (χ1n) is 7.88. The molecular weight excluding hydrogens is 301 g/mol. The number of rotatable bonds is 6. The number of amides is 1. The van der Waals surface area contributed by atoms with Gasteiger partial charge in [-0.3, -0.25) is 4.79 Å². The topological polar surface area (TPSA) is 64.6 Å². The summed E-state index contributed by atoms with van der Waals surface area (Å²) in [6, 6.07) is 5.62. The molecule has 6 heteroatoms. The molecule has 0 bridgehead atoms. The van der Waals surface area contributed by atoms with Gasteiger partial charge in [0.2, 0.25) is 0 Å². The second-order valence-corrected chi connectivity index (χ2v) is 5.84. The highest BCUT2D eigenvalue weighted by Gasteiger charge is 2.23. The molecule has 1 aliphatic rings. The van der Waals surface area contributed by atoms with Crippen molar-refractivity contribution in [2.45, 2.75) is 38.6 Å². The molecule has 1 N–H and O–H groups in total. The lowest BCUT2D eigenvalue weighted by Crippen LogP contribution is -2.43. The van der Waals surface area contributed by atoms with E-state index in [0.717, 1.165) is 19.3 Å². The molecule has 0 saturated heterocycles. The van der Waals surface area contributed by atoms with Crippen LogP contribution in [0.3, 0.4) is 0 Å². The van der Waals surface area contributed by atoms with Gasteiger partial charge < -0.3 is 14.8 Å². The third-order valence-corrected chi connectivity index (χ3v) is 3.97. The average molecular weight is 323 g/mol. The summed E-state index contributed by atoms with van der Waals surface area (Å²) in [4.78, 5) is 23.3. The van der Waals surface area contributed by atoms with Crippen LogP contribution in [0.5, 0.6) is 5.75 Å². The molecule has 5 nitrogen and oxygen atoms in total. The van der Waals surface area contributed by atoms with Crippen LogP contribution >= 0.6 is 0 Å². The number of esters is 1. The highest BCUT2D eigenvalue weighted by molar-refractivity contribution is 5.81. The maximum atomic E-state index is 13.0. The van der Waals surface area contributed by atoms with Crippen molar-refractivity contribution in [2.75, 3.05) is 13.2 Å². The number of benzene rings is 1. The number of hydrogen-bond donors (Lipinski definition) is 1. The van der Waals surface area contributed by atoms with Crippen molar-refractivity contribution in [3.05, 3.63) is 30.1 Å². The Morgan fingerprint density at radius 2 is 2.04 bits per heavy atom. The molecule has 0 unspecified atom stereocenters. The van der Waals surface area contributed by atoms with E-state index in [1.165, 1.54) is 30.7 Å². The Bertz CT molecular complexity index is 549. The minimum Gasteiger partial charge on any atom is -0.482 e. The standard InChI is InChI=1S/C17H22FNO4/c1-12-5-2-3-8-15(12)19-16(20)10-23-17(21)11-22-14-7-4-6-13(18)9-14/h4,6-7,9,12,15H,2-3,5,8,10-11H2,1H3,(H,19,20)/t12-,15+/m0/s1. The smallest absolute Gasteiger partial charge is 0.344 e. The molecule has 1 fully saturated rings. The Morgan fingerprint density at radius 3 is 2.78 bits per heavy atom. The van der Waals surface area contributed by atoms with Crippen molar-refractivity contribution in [3.8, 4) is 5.75 Å². The van der Waals surface area contributed by atoms with Crippen molar-refractivity contribution in [2.24, 2.45) is 5.92 Å². The summed E-state index contributed by atoms with van der Waals surface area (Å²) in [7, 11) is 0. The minimum atomic E-state index is -0.666. The average Bonchev–Trinajstić information content (AvgIpc) is 2.53. The van der Waals surface area contributed by atoms with Gasteiger partial charge in [-0.15, -0.1) is 0 Å². The number of hydrogen-bond acceptors (Lipinski definition) is 4. The zero-order chi connectivity index (χ0) is 16.7. The van der Waals surface area contributed by atoms with Gasteiger partial charge in [-0.2, -0.15) is 0 Å². The van der Waals surface area contributed by atoms with Crippen molar-refractivity contribution < 1.29 is 23.5 Å². The summed E-state index contributed by atoms with van der Waals surface area (Å²) in [6.07, 6.45) is 4.37. The Labute approximate surface area is 135 Å². The Balaban J connectivity index is 1.66. The van der Waals surface area contributed by atoms with Crippen LogP contribution in [-0.2, 0) is 14.3 Å². The quantitative estimate of drug-likeness (QED) is 0.817. The zero-order valence-electron chi connectivity index (χ0n) is 13.2. The first-order chi connectivity index (χ1) is 11.0. The molecule has 1 amide bonds. The third-order valence-electron chi connectivity index (χ3n) is 3.97. The summed E-state index contributed by atoms with van der Waals surface area (Å²) in [5.74, 6) is -0.733. The second-order valence-electron chi connectivity index (χ2n) is 5.84. The molecule has 1 aromatic carbocycles. The van der Waals surface area contributed by atoms with Gasteiger partial charge in [0.15, 0.2) is 13.2 Å². The van der Waals surface area contributed by atoms with E-state index in [9.17, 15) is 14.0 Å². The lowest BCUT2D eigenvalue weighted by atomic mass is 9.86. The van der Waals surface area contributed by atoms with E-state index in [2.05, 4.69) is 12.2 Å². The zero-order valence-corrected chi connectivity index (χ0v) is 13.2. The molecule has 0 aromatic heterocycles. The summed E-state index contributed by atoms with van der Waals surface area (Å²) in [6.45, 7) is 1.42. The van der Waals surface area contributed by atoms with Gasteiger partial charge in [0.25, 0.3) is 5.91 Å². The van der Waals surface area contributed by atoms with Crippen LogP contribution in [0, 0.1) is 11.7 Å². The first-order valence-corrected chi connectivity index (χ1v) is 7.88. The molecule has 2 rings (SSSR count). The largest absolute Gasteiger partial charge is 0.482 e. The summed E-state index contributed by atoms with van der Waals surface area (Å²) < 4.78 is 22.9. The molecule has 0 radical (unpaired) electrons. The Morgan fingerprint density at radius 1 is 1.26 bits per heavy atom. The van der Waals surface area contributed by atoms with Gasteiger partial charge in [0.1, 0.15) is 11.6 Å². The lowest BCUT2D eigenvalue weighted by molar-refractivity contribution is -0.150. The van der Waals surface area contributed by atoms with E-state index in [-0.39, 0.29) is 30.9 Å². The lowest BCUT2D eigenvalue weighted by Gasteiger charge is -2.29. The van der Waals surface area contributed by atoms with Crippen LogP contribution in [-0.4, -0.2) is 31.1 Å². The second kappa shape index (κ2) is 8.50. The summed E-state index contributed by atoms with van der Waals surface area (Å²) >= 11 is 0. The van der Waals surface area contributed by atoms with Crippen LogP contribution in [0.4, 0.5) is 4.39 Å². The molecule has 0 heterocycles. The van der Waals surface area contributed by atoms with Gasteiger partial charge in [-0.05, 0) is 30.9 Å². The third kappa shape index (κ3) is 5.88. The molecule has 2 atom stereocenters. The molecule has 23 heavy (non-hydrogen) atoms. The van der Waals surface area contributed by atoms with Crippen molar-refractivity contribution >= 4 is 11.9 Å². The van der Waals surface area contributed by atoms with E-state index in [4.69, 9.17) is 9.47 Å². The van der Waals surface area contributed by atoms with Gasteiger partial charge in [-0.1, -0.05) is 25.8 Å². The van der Waals surface area contributed by atoms with E-state index in [1.54, 1.807) is 0 Å². The fraction of sp³-hybridized carbons (Fsp3) is 0.529. The van der Waals surface area contributed by atoms with Crippen LogP contribution < -0.4 is 10.1 Å². The molecule has 1 aromatic rings. The Kier molecular flexibility index (Phi) is 6.38. The summed E-state index contributed by atoms with van der Waals surface area (Å²) in [5.41, 5.74) is 0. The van der Waals surface area contributed by atoms with E-state index in [1.807, 2.05) is 0 Å². The number of carbonyl (C=O) groups is 2. The molecular formula is C17H22FNO4. The van der Waals surface area contributed by atoms with E-state index < -0.39 is 11.8 Å². The summed E-state index contributed by atoms with van der Waals surface area (Å²) in [5, 5.41) is 2.90. The predicted octanol–water partition coefficient (Wildman–Crippen LogP) is 2.44. The molecule has 1 saturated carbocycles. The molecule has 126 valence electrons. The van der Waals surface area contributed by atoms with Crippen LogP contribution in [0.2, 0.25) is 0 Å². The normalized spacial score (nSPS) is 20.6. The maximum Gasteiger partial charge on any atom is 0.344 e. The van der Waals surface area contributed by atoms with Gasteiger partial charge in [0, 0.05) is 12.1 Å². The van der Waals surface area contributed by atoms with Crippen molar-refractivity contribution in [1.82, 2.24) is 5.32 Å².